The third-order valence-electron chi connectivity index (χ3n) is 28.2. The van der Waals surface area contributed by atoms with E-state index in [4.69, 9.17) is 29.2 Å². The molecule has 6 atom stereocenters. The van der Waals surface area contributed by atoms with E-state index >= 15 is 0 Å². The van der Waals surface area contributed by atoms with Gasteiger partial charge in [-0.05, 0) is 114 Å². The van der Waals surface area contributed by atoms with Crippen LogP contribution in [0.4, 0.5) is 0 Å². The average molecular weight is 1930 g/mol. The lowest BCUT2D eigenvalue weighted by molar-refractivity contribution is -0.152. The smallest absolute Gasteiger partial charge is 0.328 e. The molecule has 16 nitrogen and oxygen atoms in total. The molecule has 2 amide bonds. The third kappa shape index (κ3) is 106. The van der Waals surface area contributed by atoms with E-state index in [0.717, 1.165) is 89.9 Å². The van der Waals surface area contributed by atoms with E-state index in [9.17, 15) is 38.4 Å². The first-order valence-electron chi connectivity index (χ1n) is 60.1. The topological polar surface area (TPSA) is 238 Å². The van der Waals surface area contributed by atoms with Gasteiger partial charge in [0.1, 0.15) is 12.1 Å². The van der Waals surface area contributed by atoms with Crippen molar-refractivity contribution in [2.75, 3.05) is 26.4 Å². The van der Waals surface area contributed by atoms with Crippen LogP contribution in [0.2, 0.25) is 0 Å². The van der Waals surface area contributed by atoms with E-state index in [1.165, 1.54) is 437 Å². The summed E-state index contributed by atoms with van der Waals surface area (Å²) in [4.78, 5) is 101. The Hall–Kier alpha value is -4.24. The number of carbonyl (C=O) groups is 8. The van der Waals surface area contributed by atoms with Crippen molar-refractivity contribution in [2.45, 2.75) is 672 Å². The minimum Gasteiger partial charge on any atom is -0.481 e. The van der Waals surface area contributed by atoms with Crippen molar-refractivity contribution in [3.8, 4) is 0 Å². The van der Waals surface area contributed by atoms with Crippen molar-refractivity contribution >= 4 is 47.6 Å². The molecule has 0 saturated carbocycles. The van der Waals surface area contributed by atoms with Crippen molar-refractivity contribution in [1.29, 1.82) is 0 Å². The van der Waals surface area contributed by atoms with Gasteiger partial charge < -0.3 is 39.8 Å². The summed E-state index contributed by atoms with van der Waals surface area (Å²) in [5, 5.41) is 22.3. The van der Waals surface area contributed by atoms with Crippen molar-refractivity contribution in [1.82, 2.24) is 10.6 Å². The van der Waals surface area contributed by atoms with Crippen LogP contribution in [0, 0.1) is 23.7 Å². The molecule has 0 aromatic heterocycles. The number of carboxylic acids is 2. The second kappa shape index (κ2) is 113. The molecule has 0 spiro atoms. The molecular weight excluding hydrogens is 1690 g/mol. The number of hydrogen-bond acceptors (Lipinski definition) is 12. The van der Waals surface area contributed by atoms with Crippen LogP contribution in [-0.4, -0.2) is 96.4 Å². The lowest BCUT2D eigenvalue weighted by Gasteiger charge is -2.21. The Morgan fingerprint density at radius 1 is 0.176 bits per heavy atom. The lowest BCUT2D eigenvalue weighted by Crippen LogP contribution is -2.42. The molecule has 0 saturated heterocycles. The highest BCUT2D eigenvalue weighted by Crippen LogP contribution is 2.28. The van der Waals surface area contributed by atoms with Crippen molar-refractivity contribution in [2.24, 2.45) is 23.7 Å². The predicted octanol–water partition coefficient (Wildman–Crippen LogP) is 36.8. The summed E-state index contributed by atoms with van der Waals surface area (Å²) in [6.45, 7) is 24.4. The molecule has 0 aliphatic heterocycles. The Balaban J connectivity index is -0.00000235. The Morgan fingerprint density at radius 2 is 0.324 bits per heavy atom. The summed E-state index contributed by atoms with van der Waals surface area (Å²) in [6, 6.07) is -1.64. The third-order valence-corrected chi connectivity index (χ3v) is 28.2. The van der Waals surface area contributed by atoms with Crippen LogP contribution in [0.15, 0.2) is 0 Å². The second-order valence-corrected chi connectivity index (χ2v) is 41.8. The molecule has 4 unspecified atom stereocenters. The van der Waals surface area contributed by atoms with Gasteiger partial charge in [-0.3, -0.25) is 28.8 Å². The van der Waals surface area contributed by atoms with Crippen LogP contribution >= 0.6 is 0 Å². The SMILES string of the molecule is CCCCCCCCCCCC(=O)N[C@@H](CCC(=O)OCC(CCCCCCCC)CCCCCCCCCC)C(=O)OCC(CCCCCCCC)CCCCCCCCCC.CCCCCCCCCCCC(=O)N[C@@H](CCC(=O)OCC(CCCCCCCC)CCCCCCCCCC)C(=O)OCC(CCCCCCCC)CCCCCCCCCC.O=C(O)CCCCC(=O)O. The number of rotatable bonds is 107. The van der Waals surface area contributed by atoms with Gasteiger partial charge in [0.2, 0.25) is 11.8 Å². The first kappa shape index (κ1) is 136. The molecule has 0 aromatic rings. The maximum Gasteiger partial charge on any atom is 0.328 e. The molecule has 4 N–H and O–H groups in total. The van der Waals surface area contributed by atoms with Crippen molar-refractivity contribution in [3.05, 3.63) is 0 Å². The summed E-state index contributed by atoms with van der Waals surface area (Å²) >= 11 is 0. The fourth-order valence-corrected chi connectivity index (χ4v) is 18.8. The number of aliphatic carboxylic acids is 2. The average Bonchev–Trinajstić information content (AvgIpc) is 0.907. The number of amides is 2. The number of esters is 4. The maximum absolute atomic E-state index is 13.8. The van der Waals surface area contributed by atoms with Gasteiger partial charge in [0, 0.05) is 38.5 Å². The summed E-state index contributed by atoms with van der Waals surface area (Å²) in [7, 11) is 0. The second-order valence-electron chi connectivity index (χ2n) is 41.8. The van der Waals surface area contributed by atoms with E-state index in [1.54, 1.807) is 0 Å². The molecule has 0 fully saturated rings. The Morgan fingerprint density at radius 3 is 0.493 bits per heavy atom. The molecule has 0 bridgehead atoms. The Bertz CT molecular complexity index is 2360. The molecule has 0 aliphatic carbocycles. The summed E-state index contributed by atoms with van der Waals surface area (Å²) in [5.41, 5.74) is 0. The van der Waals surface area contributed by atoms with Crippen LogP contribution in [0.25, 0.3) is 0 Å². The van der Waals surface area contributed by atoms with Gasteiger partial charge in [0.25, 0.3) is 0 Å². The molecule has 0 aliphatic rings. The molecule has 0 radical (unpaired) electrons. The van der Waals surface area contributed by atoms with Crippen LogP contribution in [-0.2, 0) is 57.3 Å². The standard InChI is InChI=1S/2C57H111NO5.C6H10O4/c2*1-6-11-16-21-26-29-32-37-42-47-55(59)58-54(57(61)63-51-53(45-39-34-25-20-15-10-5)46-41-36-31-28-23-18-13-8-3)48-49-56(60)62-50-52(43-38-33-24-19-14-9-4)44-40-35-30-27-22-17-12-7-2;7-5(8)3-1-2-4-6(9)10/h2*52-54H,6-51H2,1-5H3,(H,58,59);1-4H2,(H,7,8)(H,9,10)/t2*52?,53?,54-;/m00./s1. The summed E-state index contributed by atoms with van der Waals surface area (Å²) in [5.74, 6) is -1.80. The van der Waals surface area contributed by atoms with E-state index in [1.807, 2.05) is 0 Å². The zero-order valence-electron chi connectivity index (χ0n) is 92.1. The maximum atomic E-state index is 13.8. The largest absolute Gasteiger partial charge is 0.481 e. The minimum atomic E-state index is -0.870. The zero-order chi connectivity index (χ0) is 100. The van der Waals surface area contributed by atoms with Gasteiger partial charge >= 0.3 is 35.8 Å². The molecule has 806 valence electrons. The first-order valence-corrected chi connectivity index (χ1v) is 60.1. The Labute approximate surface area is 843 Å². The number of carbonyl (C=O) groups excluding carboxylic acids is 6. The number of unbranched alkanes of at least 4 members (excludes halogenated alkanes) is 65. The quantitative estimate of drug-likeness (QED) is 0.0252. The van der Waals surface area contributed by atoms with Gasteiger partial charge in [-0.2, -0.15) is 0 Å². The molecule has 16 heteroatoms. The fourth-order valence-electron chi connectivity index (χ4n) is 18.8. The van der Waals surface area contributed by atoms with Crippen LogP contribution in [0.5, 0.6) is 0 Å². The van der Waals surface area contributed by atoms with Crippen LogP contribution in [0.1, 0.15) is 660 Å². The first-order chi connectivity index (χ1) is 66.4. The molecular formula is C120H232N2O14. The lowest BCUT2D eigenvalue weighted by atomic mass is 9.94. The van der Waals surface area contributed by atoms with Crippen molar-refractivity contribution in [3.63, 3.8) is 0 Å². The highest BCUT2D eigenvalue weighted by atomic mass is 16.5. The van der Waals surface area contributed by atoms with E-state index in [-0.39, 0.29) is 74.2 Å². The normalized spacial score (nSPS) is 12.6. The van der Waals surface area contributed by atoms with E-state index in [2.05, 4.69) is 79.9 Å². The van der Waals surface area contributed by atoms with Gasteiger partial charge in [0.15, 0.2) is 0 Å². The molecule has 0 heterocycles. The van der Waals surface area contributed by atoms with E-state index < -0.39 is 24.0 Å². The van der Waals surface area contributed by atoms with E-state index in [0.29, 0.717) is 75.8 Å². The monoisotopic (exact) mass is 1930 g/mol. The van der Waals surface area contributed by atoms with Gasteiger partial charge in [-0.15, -0.1) is 0 Å². The summed E-state index contributed by atoms with van der Waals surface area (Å²) < 4.78 is 24.1. The number of carboxylic acid groups (broad SMARTS) is 2. The van der Waals surface area contributed by atoms with Gasteiger partial charge in [-0.25, -0.2) is 9.59 Å². The number of ether oxygens (including phenoxy) is 4. The van der Waals surface area contributed by atoms with Crippen molar-refractivity contribution < 1.29 is 67.5 Å². The highest BCUT2D eigenvalue weighted by Gasteiger charge is 2.28. The fraction of sp³-hybridized carbons (Fsp3) is 0.933. The molecule has 0 aromatic carbocycles. The van der Waals surface area contributed by atoms with Gasteiger partial charge in [0.05, 0.1) is 26.4 Å². The zero-order valence-corrected chi connectivity index (χ0v) is 92.1. The summed E-state index contributed by atoms with van der Waals surface area (Å²) in [6.07, 6.45) is 105. The van der Waals surface area contributed by atoms with Crippen LogP contribution < -0.4 is 10.6 Å². The molecule has 136 heavy (non-hydrogen) atoms. The highest BCUT2D eigenvalue weighted by molar-refractivity contribution is 5.86. The number of hydrogen-bond donors (Lipinski definition) is 4. The minimum absolute atomic E-state index is 0.0628. The Kier molecular flexibility index (Phi) is 113. The number of nitrogens with one attached hydrogen (secondary N) is 2. The van der Waals surface area contributed by atoms with Gasteiger partial charge in [-0.1, -0.05) is 532 Å². The predicted molar refractivity (Wildman–Crippen MR) is 578 cm³/mol. The molecule has 0 rings (SSSR count). The van der Waals surface area contributed by atoms with Crippen LogP contribution in [0.3, 0.4) is 0 Å².